The van der Waals surface area contributed by atoms with Gasteiger partial charge < -0.3 is 14.3 Å². The van der Waals surface area contributed by atoms with Gasteiger partial charge in [0.2, 0.25) is 0 Å². The van der Waals surface area contributed by atoms with E-state index in [4.69, 9.17) is 4.42 Å². The number of nitrogens with zero attached hydrogens (tertiary/aromatic N) is 4. The molecule has 1 N–H and O–H groups in total. The van der Waals surface area contributed by atoms with Gasteiger partial charge in [0.05, 0.1) is 18.2 Å². The van der Waals surface area contributed by atoms with Crippen molar-refractivity contribution in [2.24, 2.45) is 4.99 Å². The molecule has 8 heteroatoms. The van der Waals surface area contributed by atoms with Crippen molar-refractivity contribution in [3.05, 3.63) is 58.7 Å². The Balaban J connectivity index is 1.86. The Kier molecular flexibility index (Phi) is 3.88. The van der Waals surface area contributed by atoms with Crippen LogP contribution in [0.15, 0.2) is 57.0 Å². The molecular formula is C19H17N5O3. The molecule has 0 radical (unpaired) electrons. The Hall–Kier alpha value is -3.68. The van der Waals surface area contributed by atoms with Gasteiger partial charge in [-0.1, -0.05) is 0 Å². The Labute approximate surface area is 153 Å². The lowest BCUT2D eigenvalue weighted by Gasteiger charge is -2.10. The van der Waals surface area contributed by atoms with Gasteiger partial charge in [0.25, 0.3) is 11.5 Å². The first-order chi connectivity index (χ1) is 12.9. The van der Waals surface area contributed by atoms with E-state index >= 15 is 0 Å². The third kappa shape index (κ3) is 2.91. The predicted molar refractivity (Wildman–Crippen MR) is 102 cm³/mol. The molecule has 0 atom stereocenters. The average Bonchev–Trinajstić information content (AvgIpc) is 3.27. The Morgan fingerprint density at radius 2 is 2.07 bits per heavy atom. The molecule has 0 aliphatic rings. The predicted octanol–water partition coefficient (Wildman–Crippen LogP) is 2.56. The number of fused-ring (bicyclic) bond motifs is 2. The third-order valence-electron chi connectivity index (χ3n) is 4.40. The number of furan rings is 1. The summed E-state index contributed by atoms with van der Waals surface area (Å²) in [6, 6.07) is 8.89. The third-order valence-corrected chi connectivity index (χ3v) is 4.40. The van der Waals surface area contributed by atoms with Crippen molar-refractivity contribution in [3.63, 3.8) is 0 Å². The van der Waals surface area contributed by atoms with Gasteiger partial charge >= 0.3 is 0 Å². The van der Waals surface area contributed by atoms with Crippen LogP contribution in [0, 0.1) is 0 Å². The van der Waals surface area contributed by atoms with Gasteiger partial charge in [0.15, 0.2) is 5.65 Å². The molecule has 27 heavy (non-hydrogen) atoms. The minimum absolute atomic E-state index is 0.236. The van der Waals surface area contributed by atoms with Crippen molar-refractivity contribution in [2.45, 2.75) is 6.92 Å². The first kappa shape index (κ1) is 16.8. The number of amides is 1. The molecular weight excluding hydrogens is 346 g/mol. The zero-order valence-corrected chi connectivity index (χ0v) is 15.1. The zero-order chi connectivity index (χ0) is 19.1. The van der Waals surface area contributed by atoms with Gasteiger partial charge in [-0.15, -0.1) is 0 Å². The molecule has 0 unspecified atom stereocenters. The molecule has 1 amide bonds. The minimum Gasteiger partial charge on any atom is -0.464 e. The largest absolute Gasteiger partial charge is 0.464 e. The molecule has 1 aromatic carbocycles. The molecule has 0 spiro atoms. The number of H-pyrrole nitrogens is 1. The number of carbonyl (C=O) groups is 1. The van der Waals surface area contributed by atoms with E-state index in [2.05, 4.69) is 15.1 Å². The maximum absolute atomic E-state index is 12.5. The number of aliphatic imine (C=N–C) groups is 1. The van der Waals surface area contributed by atoms with Crippen LogP contribution in [0.2, 0.25) is 0 Å². The quantitative estimate of drug-likeness (QED) is 0.436. The minimum atomic E-state index is -0.464. The summed E-state index contributed by atoms with van der Waals surface area (Å²) in [4.78, 5) is 33.9. The van der Waals surface area contributed by atoms with E-state index < -0.39 is 5.91 Å². The molecule has 0 fully saturated rings. The molecule has 3 heterocycles. The fraction of sp³-hybridized carbons (Fsp3) is 0.158. The normalized spacial score (nSPS) is 12.0. The van der Waals surface area contributed by atoms with Gasteiger partial charge in [-0.2, -0.15) is 14.6 Å². The van der Waals surface area contributed by atoms with Crippen LogP contribution in [0.3, 0.4) is 0 Å². The molecule has 0 bridgehead atoms. The van der Waals surface area contributed by atoms with Gasteiger partial charge in [-0.3, -0.25) is 9.59 Å². The number of hydrogen-bond acceptors (Lipinski definition) is 4. The van der Waals surface area contributed by atoms with E-state index in [1.165, 1.54) is 12.3 Å². The van der Waals surface area contributed by atoms with Crippen LogP contribution in [0.1, 0.15) is 17.3 Å². The van der Waals surface area contributed by atoms with E-state index in [1.54, 1.807) is 32.2 Å². The zero-order valence-electron chi connectivity index (χ0n) is 15.1. The maximum atomic E-state index is 12.5. The number of amidine groups is 1. The van der Waals surface area contributed by atoms with Crippen molar-refractivity contribution >= 4 is 28.4 Å². The van der Waals surface area contributed by atoms with Gasteiger partial charge in [-0.25, -0.2) is 0 Å². The van der Waals surface area contributed by atoms with Crippen molar-refractivity contribution < 1.29 is 9.21 Å². The summed E-state index contributed by atoms with van der Waals surface area (Å²) in [5.41, 5.74) is 2.36. The second-order valence-corrected chi connectivity index (χ2v) is 6.37. The van der Waals surface area contributed by atoms with Gasteiger partial charge in [0.1, 0.15) is 17.0 Å². The van der Waals surface area contributed by atoms with Gasteiger partial charge in [-0.05, 0) is 36.8 Å². The number of aromatic nitrogens is 3. The second kappa shape index (κ2) is 6.24. The lowest BCUT2D eigenvalue weighted by Crippen LogP contribution is -2.20. The van der Waals surface area contributed by atoms with E-state index in [9.17, 15) is 9.59 Å². The van der Waals surface area contributed by atoms with Crippen LogP contribution in [-0.2, 0) is 0 Å². The fourth-order valence-electron chi connectivity index (χ4n) is 2.74. The summed E-state index contributed by atoms with van der Waals surface area (Å²) in [7, 11) is 3.60. The van der Waals surface area contributed by atoms with Crippen LogP contribution < -0.4 is 5.56 Å². The van der Waals surface area contributed by atoms with Gasteiger partial charge in [0, 0.05) is 25.5 Å². The summed E-state index contributed by atoms with van der Waals surface area (Å²) in [5.74, 6) is 0.0950. The van der Waals surface area contributed by atoms with Crippen molar-refractivity contribution in [1.82, 2.24) is 19.5 Å². The van der Waals surface area contributed by atoms with Crippen molar-refractivity contribution in [2.75, 3.05) is 14.1 Å². The maximum Gasteiger partial charge on any atom is 0.284 e. The first-order valence-corrected chi connectivity index (χ1v) is 8.29. The average molecular weight is 363 g/mol. The number of hydrogen-bond donors (Lipinski definition) is 1. The van der Waals surface area contributed by atoms with Crippen LogP contribution in [0.25, 0.3) is 27.9 Å². The highest BCUT2D eigenvalue weighted by atomic mass is 16.3. The summed E-state index contributed by atoms with van der Waals surface area (Å²) >= 11 is 0. The van der Waals surface area contributed by atoms with E-state index in [0.29, 0.717) is 17.2 Å². The number of benzene rings is 1. The SMILES string of the molecule is CC(=NC(=O)c1cnn2c(=O)cc(-c3ccc4occc4c3)[nH]c12)N(C)C. The molecule has 0 aliphatic carbocycles. The van der Waals surface area contributed by atoms with Crippen LogP contribution in [-0.4, -0.2) is 45.3 Å². The van der Waals surface area contributed by atoms with Crippen LogP contribution in [0.4, 0.5) is 0 Å². The highest BCUT2D eigenvalue weighted by Crippen LogP contribution is 2.24. The van der Waals surface area contributed by atoms with Crippen molar-refractivity contribution in [1.29, 1.82) is 0 Å². The molecule has 0 saturated heterocycles. The molecule has 8 nitrogen and oxygen atoms in total. The lowest BCUT2D eigenvalue weighted by molar-refractivity contribution is 0.100. The molecule has 0 saturated carbocycles. The molecule has 0 aliphatic heterocycles. The molecule has 136 valence electrons. The fourth-order valence-corrected chi connectivity index (χ4v) is 2.74. The summed E-state index contributed by atoms with van der Waals surface area (Å²) in [6.45, 7) is 1.73. The summed E-state index contributed by atoms with van der Waals surface area (Å²) in [6.07, 6.45) is 2.96. The number of rotatable bonds is 2. The smallest absolute Gasteiger partial charge is 0.284 e. The Morgan fingerprint density at radius 1 is 1.26 bits per heavy atom. The van der Waals surface area contributed by atoms with Crippen LogP contribution >= 0.6 is 0 Å². The summed E-state index contributed by atoms with van der Waals surface area (Å²) < 4.78 is 6.51. The summed E-state index contributed by atoms with van der Waals surface area (Å²) in [5, 5.41) is 4.94. The monoisotopic (exact) mass is 363 g/mol. The van der Waals surface area contributed by atoms with E-state index in [0.717, 1.165) is 21.0 Å². The number of nitrogens with one attached hydrogen (secondary N) is 1. The van der Waals surface area contributed by atoms with Crippen LogP contribution in [0.5, 0.6) is 0 Å². The van der Waals surface area contributed by atoms with Crippen molar-refractivity contribution in [3.8, 4) is 11.3 Å². The standard InChI is InChI=1S/C19H17N5O3/c1-11(23(2)3)21-19(26)14-10-20-24-17(25)9-15(22-18(14)24)12-4-5-16-13(8-12)6-7-27-16/h4-10,22H,1-3H3. The lowest BCUT2D eigenvalue weighted by atomic mass is 10.1. The Morgan fingerprint density at radius 3 is 2.85 bits per heavy atom. The van der Waals surface area contributed by atoms with E-state index in [-0.39, 0.29) is 11.1 Å². The highest BCUT2D eigenvalue weighted by Gasteiger charge is 2.16. The molecule has 4 aromatic rings. The number of carbonyl (C=O) groups excluding carboxylic acids is 1. The Bertz CT molecular complexity index is 1260. The highest BCUT2D eigenvalue weighted by molar-refractivity contribution is 6.06. The topological polar surface area (TPSA) is 96.0 Å². The van der Waals surface area contributed by atoms with E-state index in [1.807, 2.05) is 24.3 Å². The first-order valence-electron chi connectivity index (χ1n) is 8.29. The number of aromatic amines is 1. The second-order valence-electron chi connectivity index (χ2n) is 6.37. The molecule has 4 rings (SSSR count). The molecule has 3 aromatic heterocycles.